The molecule has 0 spiro atoms. The second kappa shape index (κ2) is 10.5. The number of allylic oxidation sites excluding steroid dienone is 10. The highest BCUT2D eigenvalue weighted by atomic mass is 19.1. The minimum atomic E-state index is -1.37. The molecule has 2 aliphatic rings. The lowest BCUT2D eigenvalue weighted by molar-refractivity contribution is 0.221. The molecule has 0 aliphatic heterocycles. The number of rotatable bonds is 6. The van der Waals surface area contributed by atoms with Crippen LogP contribution in [0.1, 0.15) is 91.7 Å². The molecule has 186 valence electrons. The molecule has 0 N–H and O–H groups in total. The smallest absolute Gasteiger partial charge is 0.130 e. The fourth-order valence-corrected chi connectivity index (χ4v) is 5.62. The Morgan fingerprint density at radius 1 is 1.23 bits per heavy atom. The molecule has 0 heterocycles. The molecule has 3 rings (SSSR count). The van der Waals surface area contributed by atoms with Crippen LogP contribution in [0.4, 0.5) is 4.39 Å². The Hall–Kier alpha value is -2.63. The predicted molar refractivity (Wildman–Crippen MR) is 150 cm³/mol. The maximum absolute atomic E-state index is 14.8. The highest BCUT2D eigenvalue weighted by Gasteiger charge is 2.36. The predicted octanol–water partition coefficient (Wildman–Crippen LogP) is 10.2. The first kappa shape index (κ1) is 27.0. The van der Waals surface area contributed by atoms with Crippen LogP contribution in [0.15, 0.2) is 100 Å². The molecule has 2 aliphatic carbocycles. The summed E-state index contributed by atoms with van der Waals surface area (Å²) in [5.41, 5.74) is 12.1. The first-order valence-electron chi connectivity index (χ1n) is 13.1. The SMILES string of the molecule is C=C1CC(C)(C)CC(C2=C=C(C)C=C/C(=C/C=C\C)C2CC)=C1C(C)c1cccc(C(C)(C)F)c1. The summed E-state index contributed by atoms with van der Waals surface area (Å²) in [5.74, 6) is 0.400. The summed E-state index contributed by atoms with van der Waals surface area (Å²) < 4.78 is 14.8. The van der Waals surface area contributed by atoms with Gasteiger partial charge < -0.3 is 0 Å². The van der Waals surface area contributed by atoms with Crippen LogP contribution in [0.2, 0.25) is 0 Å². The Morgan fingerprint density at radius 3 is 2.57 bits per heavy atom. The molecular formula is C34H43F. The summed E-state index contributed by atoms with van der Waals surface area (Å²) in [4.78, 5) is 0. The highest BCUT2D eigenvalue weighted by molar-refractivity contribution is 5.56. The van der Waals surface area contributed by atoms with Gasteiger partial charge >= 0.3 is 0 Å². The quantitative estimate of drug-likeness (QED) is 0.363. The van der Waals surface area contributed by atoms with E-state index in [0.29, 0.717) is 0 Å². The minimum absolute atomic E-state index is 0.127. The summed E-state index contributed by atoms with van der Waals surface area (Å²) in [5, 5.41) is 0. The van der Waals surface area contributed by atoms with Crippen molar-refractivity contribution in [2.24, 2.45) is 11.3 Å². The Bertz CT molecular complexity index is 1160. The van der Waals surface area contributed by atoms with Crippen LogP contribution in [0, 0.1) is 11.3 Å². The molecule has 2 atom stereocenters. The van der Waals surface area contributed by atoms with Gasteiger partial charge in [-0.05, 0) is 85.8 Å². The number of benzene rings is 1. The van der Waals surface area contributed by atoms with E-state index in [1.807, 2.05) is 18.2 Å². The third-order valence-corrected chi connectivity index (χ3v) is 7.38. The first-order valence-corrected chi connectivity index (χ1v) is 13.1. The third-order valence-electron chi connectivity index (χ3n) is 7.38. The lowest BCUT2D eigenvalue weighted by Crippen LogP contribution is -2.25. The van der Waals surface area contributed by atoms with Crippen molar-refractivity contribution >= 4 is 0 Å². The van der Waals surface area contributed by atoms with Gasteiger partial charge in [-0.25, -0.2) is 4.39 Å². The van der Waals surface area contributed by atoms with Crippen molar-refractivity contribution in [3.8, 4) is 0 Å². The van der Waals surface area contributed by atoms with E-state index in [4.69, 9.17) is 0 Å². The highest BCUT2D eigenvalue weighted by Crippen LogP contribution is 2.50. The maximum Gasteiger partial charge on any atom is 0.130 e. The Kier molecular flexibility index (Phi) is 8.13. The molecule has 35 heavy (non-hydrogen) atoms. The first-order chi connectivity index (χ1) is 16.4. The molecule has 0 fully saturated rings. The van der Waals surface area contributed by atoms with Gasteiger partial charge in [-0.2, -0.15) is 0 Å². The lowest BCUT2D eigenvalue weighted by atomic mass is 9.65. The van der Waals surface area contributed by atoms with Gasteiger partial charge in [-0.3, -0.25) is 0 Å². The van der Waals surface area contributed by atoms with E-state index in [-0.39, 0.29) is 17.3 Å². The summed E-state index contributed by atoms with van der Waals surface area (Å²) in [6.45, 7) is 21.3. The molecule has 1 aromatic carbocycles. The molecule has 2 unspecified atom stereocenters. The molecule has 0 nitrogen and oxygen atoms in total. The molecule has 1 heteroatoms. The van der Waals surface area contributed by atoms with Crippen molar-refractivity contribution in [1.82, 2.24) is 0 Å². The second-order valence-electron chi connectivity index (χ2n) is 11.5. The van der Waals surface area contributed by atoms with Gasteiger partial charge in [0.2, 0.25) is 0 Å². The standard InChI is InChI=1S/C34H43F/c1-10-12-14-26-18-17-23(3)19-30(29(26)11-2)31-22-33(6,7)21-24(4)32(31)25(5)27-15-13-16-28(20-27)34(8,9)35/h10,12-18,20,25,29H,4,11,21-22H2,1-3,5-9H3/b12-10-,26-14-. The lowest BCUT2D eigenvalue weighted by Gasteiger charge is -2.39. The van der Waals surface area contributed by atoms with Crippen molar-refractivity contribution in [2.75, 3.05) is 0 Å². The zero-order chi connectivity index (χ0) is 26.0. The summed E-state index contributed by atoms with van der Waals surface area (Å²) in [6, 6.07) is 8.06. The van der Waals surface area contributed by atoms with E-state index in [0.717, 1.165) is 36.0 Å². The van der Waals surface area contributed by atoms with Crippen LogP contribution in [0.3, 0.4) is 0 Å². The Balaban J connectivity index is 2.28. The van der Waals surface area contributed by atoms with E-state index in [9.17, 15) is 4.39 Å². The molecule has 0 aromatic heterocycles. The van der Waals surface area contributed by atoms with Crippen LogP contribution in [0.5, 0.6) is 0 Å². The van der Waals surface area contributed by atoms with Crippen molar-refractivity contribution in [2.45, 2.75) is 86.2 Å². The van der Waals surface area contributed by atoms with E-state index < -0.39 is 5.67 Å². The van der Waals surface area contributed by atoms with Gasteiger partial charge in [0.1, 0.15) is 5.67 Å². The molecule has 0 saturated heterocycles. The Labute approximate surface area is 213 Å². The average Bonchev–Trinajstić information content (AvgIpc) is 2.93. The number of halogens is 1. The van der Waals surface area contributed by atoms with Crippen molar-refractivity contribution < 1.29 is 4.39 Å². The Morgan fingerprint density at radius 2 is 1.94 bits per heavy atom. The maximum atomic E-state index is 14.8. The summed E-state index contributed by atoms with van der Waals surface area (Å²) in [7, 11) is 0. The van der Waals surface area contributed by atoms with Gasteiger partial charge in [-0.1, -0.05) is 94.5 Å². The van der Waals surface area contributed by atoms with Gasteiger partial charge in [0, 0.05) is 17.4 Å². The average molecular weight is 471 g/mol. The fraction of sp³-hybridized carbons (Fsp3) is 0.441. The third kappa shape index (κ3) is 6.14. The van der Waals surface area contributed by atoms with E-state index in [2.05, 4.69) is 90.3 Å². The zero-order valence-corrected chi connectivity index (χ0v) is 23.1. The zero-order valence-electron chi connectivity index (χ0n) is 23.1. The van der Waals surface area contributed by atoms with E-state index in [1.54, 1.807) is 13.8 Å². The van der Waals surface area contributed by atoms with Crippen LogP contribution in [0.25, 0.3) is 0 Å². The molecule has 0 amide bonds. The monoisotopic (exact) mass is 470 g/mol. The largest absolute Gasteiger partial charge is 0.239 e. The van der Waals surface area contributed by atoms with Crippen molar-refractivity contribution in [3.05, 3.63) is 112 Å². The van der Waals surface area contributed by atoms with E-state index >= 15 is 0 Å². The van der Waals surface area contributed by atoms with Crippen LogP contribution in [-0.4, -0.2) is 0 Å². The second-order valence-corrected chi connectivity index (χ2v) is 11.5. The molecule has 1 aromatic rings. The summed E-state index contributed by atoms with van der Waals surface area (Å²) >= 11 is 0. The van der Waals surface area contributed by atoms with Crippen molar-refractivity contribution in [1.29, 1.82) is 0 Å². The van der Waals surface area contributed by atoms with Crippen LogP contribution < -0.4 is 0 Å². The molecule has 0 saturated carbocycles. The number of hydrogen-bond donors (Lipinski definition) is 0. The molecule has 0 radical (unpaired) electrons. The number of alkyl halides is 1. The minimum Gasteiger partial charge on any atom is -0.239 e. The van der Waals surface area contributed by atoms with Gasteiger partial charge in [-0.15, -0.1) is 5.73 Å². The van der Waals surface area contributed by atoms with Crippen molar-refractivity contribution in [3.63, 3.8) is 0 Å². The fourth-order valence-electron chi connectivity index (χ4n) is 5.62. The van der Waals surface area contributed by atoms with E-state index in [1.165, 1.54) is 27.9 Å². The molecule has 0 bridgehead atoms. The topological polar surface area (TPSA) is 0 Å². The molecular weight excluding hydrogens is 427 g/mol. The van der Waals surface area contributed by atoms with Crippen LogP contribution in [-0.2, 0) is 5.67 Å². The van der Waals surface area contributed by atoms with Gasteiger partial charge in [0.25, 0.3) is 0 Å². The summed E-state index contributed by atoms with van der Waals surface area (Å²) in [6.07, 6.45) is 13.9. The van der Waals surface area contributed by atoms with Gasteiger partial charge in [0.15, 0.2) is 0 Å². The van der Waals surface area contributed by atoms with Crippen LogP contribution >= 0.6 is 0 Å². The number of hydrogen-bond acceptors (Lipinski definition) is 0. The van der Waals surface area contributed by atoms with Gasteiger partial charge in [0.05, 0.1) is 0 Å². The normalized spacial score (nSPS) is 22.9.